The van der Waals surface area contributed by atoms with Crippen LogP contribution in [0.4, 0.5) is 0 Å². The Bertz CT molecular complexity index is 302. The molecule has 0 amide bonds. The fraction of sp³-hybridized carbons (Fsp3) is 0.250. The van der Waals surface area contributed by atoms with Crippen LogP contribution in [0.25, 0.3) is 0 Å². The van der Waals surface area contributed by atoms with E-state index in [4.69, 9.17) is 15.3 Å². The van der Waals surface area contributed by atoms with Crippen molar-refractivity contribution in [2.45, 2.75) is 13.3 Å². The third-order valence-electron chi connectivity index (χ3n) is 0.972. The van der Waals surface area contributed by atoms with E-state index >= 15 is 0 Å². The standard InChI is InChI=1S/C4H4O4.C4H6O2.C4H8O/c5-3(6)1-2-4(7)8;1-2-3-4(5)6;1-3-5-4-2/h1-2H,(H,5,6)(H,7,8);2H,1,3H2,(H,5,6);3H,1,4H2,2H3. The highest BCUT2D eigenvalue weighted by Gasteiger charge is 1.88. The van der Waals surface area contributed by atoms with Crippen LogP contribution < -0.4 is 0 Å². The van der Waals surface area contributed by atoms with Gasteiger partial charge in [0.2, 0.25) is 0 Å². The zero-order valence-corrected chi connectivity index (χ0v) is 10.6. The molecule has 0 fully saturated rings. The van der Waals surface area contributed by atoms with E-state index in [1.54, 1.807) is 0 Å². The maximum Gasteiger partial charge on any atom is 0.328 e. The molecule has 0 spiro atoms. The maximum atomic E-state index is 9.55. The summed E-state index contributed by atoms with van der Waals surface area (Å²) in [5, 5.41) is 23.5. The molecule has 0 unspecified atom stereocenters. The van der Waals surface area contributed by atoms with E-state index in [1.807, 2.05) is 6.92 Å². The van der Waals surface area contributed by atoms with Gasteiger partial charge in [-0.2, -0.15) is 0 Å². The van der Waals surface area contributed by atoms with Gasteiger partial charge in [-0.3, -0.25) is 4.79 Å². The summed E-state index contributed by atoms with van der Waals surface area (Å²) in [6, 6.07) is 0. The molecule has 0 aliphatic heterocycles. The van der Waals surface area contributed by atoms with Crippen LogP contribution in [-0.2, 0) is 19.1 Å². The maximum absolute atomic E-state index is 9.55. The molecule has 108 valence electrons. The first-order valence-corrected chi connectivity index (χ1v) is 5.00. The molecular formula is C12H18O7. The second-order valence-corrected chi connectivity index (χ2v) is 2.52. The molecule has 7 nitrogen and oxygen atoms in total. The Hall–Kier alpha value is -2.57. The molecule has 19 heavy (non-hydrogen) atoms. The minimum atomic E-state index is -1.26. The smallest absolute Gasteiger partial charge is 0.328 e. The van der Waals surface area contributed by atoms with Gasteiger partial charge in [0.15, 0.2) is 0 Å². The average Bonchev–Trinajstić information content (AvgIpc) is 2.29. The highest BCUT2D eigenvalue weighted by molar-refractivity contribution is 5.89. The molecule has 7 heteroatoms. The van der Waals surface area contributed by atoms with Crippen LogP contribution in [0.15, 0.2) is 37.6 Å². The number of hydrogen-bond donors (Lipinski definition) is 3. The van der Waals surface area contributed by atoms with Crippen molar-refractivity contribution in [1.29, 1.82) is 0 Å². The number of carboxylic acid groups (broad SMARTS) is 3. The predicted octanol–water partition coefficient (Wildman–Crippen LogP) is 1.53. The second kappa shape index (κ2) is 17.8. The molecule has 0 atom stereocenters. The summed E-state index contributed by atoms with van der Waals surface area (Å²) in [5.74, 6) is -3.34. The van der Waals surface area contributed by atoms with E-state index in [9.17, 15) is 14.4 Å². The number of aliphatic carboxylic acids is 3. The lowest BCUT2D eigenvalue weighted by atomic mass is 10.4. The summed E-state index contributed by atoms with van der Waals surface area (Å²) >= 11 is 0. The lowest BCUT2D eigenvalue weighted by Gasteiger charge is -1.84. The van der Waals surface area contributed by atoms with Crippen LogP contribution in [0.5, 0.6) is 0 Å². The SMILES string of the molecule is C=CCC(=O)O.C=COCC.O=C(O)C=CC(=O)O. The first kappa shape index (κ1) is 21.7. The average molecular weight is 274 g/mol. The number of carbonyl (C=O) groups is 3. The zero-order valence-electron chi connectivity index (χ0n) is 10.6. The summed E-state index contributed by atoms with van der Waals surface area (Å²) in [4.78, 5) is 28.6. The Balaban J connectivity index is -0.000000209. The predicted molar refractivity (Wildman–Crippen MR) is 68.7 cm³/mol. The molecule has 0 aliphatic rings. The molecule has 0 bridgehead atoms. The van der Waals surface area contributed by atoms with E-state index in [2.05, 4.69) is 17.9 Å². The highest BCUT2D eigenvalue weighted by atomic mass is 16.5. The molecule has 0 saturated carbocycles. The minimum Gasteiger partial charge on any atom is -0.502 e. The van der Waals surface area contributed by atoms with Crippen LogP contribution in [-0.4, -0.2) is 39.8 Å². The normalized spacial score (nSPS) is 8.05. The van der Waals surface area contributed by atoms with Crippen LogP contribution in [0, 0.1) is 0 Å². The summed E-state index contributed by atoms with van der Waals surface area (Å²) < 4.78 is 4.60. The van der Waals surface area contributed by atoms with Crippen molar-refractivity contribution >= 4 is 17.9 Å². The van der Waals surface area contributed by atoms with Gasteiger partial charge in [-0.15, -0.1) is 6.58 Å². The molecule has 0 radical (unpaired) electrons. The fourth-order valence-electron chi connectivity index (χ4n) is 0.384. The largest absolute Gasteiger partial charge is 0.502 e. The lowest BCUT2D eigenvalue weighted by Crippen LogP contribution is -1.91. The van der Waals surface area contributed by atoms with Crippen LogP contribution >= 0.6 is 0 Å². The molecule has 0 aromatic heterocycles. The highest BCUT2D eigenvalue weighted by Crippen LogP contribution is 1.74. The van der Waals surface area contributed by atoms with Crippen molar-refractivity contribution in [1.82, 2.24) is 0 Å². The van der Waals surface area contributed by atoms with Gasteiger partial charge in [0, 0.05) is 12.2 Å². The molecule has 0 aliphatic carbocycles. The number of hydrogen-bond acceptors (Lipinski definition) is 4. The van der Waals surface area contributed by atoms with Gasteiger partial charge in [-0.1, -0.05) is 12.7 Å². The number of carboxylic acids is 3. The van der Waals surface area contributed by atoms with Crippen LogP contribution in [0.2, 0.25) is 0 Å². The quantitative estimate of drug-likeness (QED) is 0.381. The van der Waals surface area contributed by atoms with Gasteiger partial charge in [0.05, 0.1) is 19.3 Å². The van der Waals surface area contributed by atoms with Crippen molar-refractivity contribution < 1.29 is 34.4 Å². The summed E-state index contributed by atoms with van der Waals surface area (Å²) in [7, 11) is 0. The lowest BCUT2D eigenvalue weighted by molar-refractivity contribution is -0.136. The Morgan fingerprint density at radius 2 is 1.47 bits per heavy atom. The number of rotatable bonds is 6. The van der Waals surface area contributed by atoms with Gasteiger partial charge in [-0.05, 0) is 6.92 Å². The van der Waals surface area contributed by atoms with Crippen molar-refractivity contribution in [3.05, 3.63) is 37.6 Å². The third-order valence-corrected chi connectivity index (χ3v) is 0.972. The number of ether oxygens (including phenoxy) is 1. The monoisotopic (exact) mass is 274 g/mol. The van der Waals surface area contributed by atoms with Gasteiger partial charge in [0.25, 0.3) is 0 Å². The second-order valence-electron chi connectivity index (χ2n) is 2.52. The molecule has 0 heterocycles. The Morgan fingerprint density at radius 3 is 1.53 bits per heavy atom. The van der Waals surface area contributed by atoms with Gasteiger partial charge >= 0.3 is 17.9 Å². The molecule has 3 N–H and O–H groups in total. The van der Waals surface area contributed by atoms with Gasteiger partial charge < -0.3 is 20.1 Å². The first-order chi connectivity index (χ1) is 8.81. The van der Waals surface area contributed by atoms with E-state index in [0.717, 1.165) is 6.61 Å². The molecule has 0 rings (SSSR count). The van der Waals surface area contributed by atoms with Crippen LogP contribution in [0.3, 0.4) is 0 Å². The Labute approximate surface area is 111 Å². The van der Waals surface area contributed by atoms with E-state index in [1.165, 1.54) is 12.3 Å². The topological polar surface area (TPSA) is 121 Å². The molecule has 0 aromatic carbocycles. The van der Waals surface area contributed by atoms with Gasteiger partial charge in [0.1, 0.15) is 0 Å². The third kappa shape index (κ3) is 50.4. The Morgan fingerprint density at radius 1 is 1.05 bits per heavy atom. The zero-order chi connectivity index (χ0) is 15.7. The van der Waals surface area contributed by atoms with Gasteiger partial charge in [-0.25, -0.2) is 9.59 Å². The van der Waals surface area contributed by atoms with Crippen molar-refractivity contribution in [2.24, 2.45) is 0 Å². The van der Waals surface area contributed by atoms with E-state index < -0.39 is 17.9 Å². The minimum absolute atomic E-state index is 0.0556. The first-order valence-electron chi connectivity index (χ1n) is 5.00. The fourth-order valence-corrected chi connectivity index (χ4v) is 0.384. The summed E-state index contributed by atoms with van der Waals surface area (Å²) in [6.45, 7) is 9.19. The van der Waals surface area contributed by atoms with Crippen LogP contribution in [0.1, 0.15) is 13.3 Å². The van der Waals surface area contributed by atoms with Crippen molar-refractivity contribution in [3.8, 4) is 0 Å². The van der Waals surface area contributed by atoms with Crippen molar-refractivity contribution in [2.75, 3.05) is 6.61 Å². The van der Waals surface area contributed by atoms with E-state index in [-0.39, 0.29) is 6.42 Å². The molecular weight excluding hydrogens is 256 g/mol. The Kier molecular flexibility index (Phi) is 20.3. The van der Waals surface area contributed by atoms with E-state index in [0.29, 0.717) is 12.2 Å². The summed E-state index contributed by atoms with van der Waals surface area (Å²) in [6.07, 6.45) is 3.95. The molecule has 0 saturated heterocycles. The molecule has 0 aromatic rings. The van der Waals surface area contributed by atoms with Crippen molar-refractivity contribution in [3.63, 3.8) is 0 Å². The summed E-state index contributed by atoms with van der Waals surface area (Å²) in [5.41, 5.74) is 0.